The van der Waals surface area contributed by atoms with E-state index in [0.717, 1.165) is 11.3 Å². The van der Waals surface area contributed by atoms with Crippen LogP contribution in [0.5, 0.6) is 0 Å². The minimum absolute atomic E-state index is 0.215. The maximum Gasteiger partial charge on any atom is 0.0942 e. The van der Waals surface area contributed by atoms with Gasteiger partial charge in [-0.05, 0) is 13.0 Å². The fraction of sp³-hybridized carbons (Fsp3) is 0.375. The van der Waals surface area contributed by atoms with Crippen LogP contribution in [0.2, 0.25) is 0 Å². The summed E-state index contributed by atoms with van der Waals surface area (Å²) in [6, 6.07) is 3.62. The van der Waals surface area contributed by atoms with E-state index < -0.39 is 6.10 Å². The van der Waals surface area contributed by atoms with Crippen LogP contribution in [0.1, 0.15) is 17.4 Å². The Hall–Kier alpha value is -0.600. The monoisotopic (exact) mass is 171 g/mol. The lowest BCUT2D eigenvalue weighted by Crippen LogP contribution is -2.01. The molecule has 0 fully saturated rings. The second kappa shape index (κ2) is 3.69. The van der Waals surface area contributed by atoms with E-state index >= 15 is 0 Å². The zero-order valence-electron chi connectivity index (χ0n) is 6.29. The fourth-order valence-corrected chi connectivity index (χ4v) is 1.10. The highest BCUT2D eigenvalue weighted by atomic mass is 35.5. The summed E-state index contributed by atoms with van der Waals surface area (Å²) in [6.45, 7) is 1.85. The minimum Gasteiger partial charge on any atom is -0.387 e. The molecule has 0 saturated heterocycles. The van der Waals surface area contributed by atoms with Gasteiger partial charge in [-0.2, -0.15) is 0 Å². The molecule has 0 saturated carbocycles. The quantitative estimate of drug-likeness (QED) is 0.687. The highest BCUT2D eigenvalue weighted by Gasteiger charge is 2.07. The normalized spacial score (nSPS) is 13.0. The zero-order chi connectivity index (χ0) is 8.27. The van der Waals surface area contributed by atoms with E-state index in [9.17, 15) is 5.11 Å². The van der Waals surface area contributed by atoms with Crippen LogP contribution in [0.3, 0.4) is 0 Å². The Morgan fingerprint density at radius 3 is 3.00 bits per heavy atom. The summed E-state index contributed by atoms with van der Waals surface area (Å²) in [5, 5.41) is 9.34. The SMILES string of the molecule is Cc1ncccc1[C@@H](O)CCl. The molecule has 0 spiro atoms. The highest BCUT2D eigenvalue weighted by molar-refractivity contribution is 6.18. The summed E-state index contributed by atoms with van der Waals surface area (Å²) in [5.41, 5.74) is 1.64. The molecule has 60 valence electrons. The molecule has 2 nitrogen and oxygen atoms in total. The molecule has 11 heavy (non-hydrogen) atoms. The Balaban J connectivity index is 2.93. The topological polar surface area (TPSA) is 33.1 Å². The molecule has 1 aromatic rings. The number of pyridine rings is 1. The van der Waals surface area contributed by atoms with Crippen molar-refractivity contribution < 1.29 is 5.11 Å². The third kappa shape index (κ3) is 1.91. The van der Waals surface area contributed by atoms with Crippen molar-refractivity contribution in [3.63, 3.8) is 0 Å². The van der Waals surface area contributed by atoms with Crippen LogP contribution in [0.25, 0.3) is 0 Å². The minimum atomic E-state index is -0.592. The van der Waals surface area contributed by atoms with Crippen molar-refractivity contribution in [2.24, 2.45) is 0 Å². The Morgan fingerprint density at radius 1 is 1.73 bits per heavy atom. The average Bonchev–Trinajstić information content (AvgIpc) is 2.04. The van der Waals surface area contributed by atoms with E-state index in [1.807, 2.05) is 13.0 Å². The first kappa shape index (κ1) is 8.50. The largest absolute Gasteiger partial charge is 0.387 e. The van der Waals surface area contributed by atoms with Gasteiger partial charge in [0.05, 0.1) is 12.0 Å². The number of aromatic nitrogens is 1. The molecule has 0 aliphatic heterocycles. The molecule has 0 aromatic carbocycles. The molecule has 1 aromatic heterocycles. The fourth-order valence-electron chi connectivity index (χ4n) is 0.932. The van der Waals surface area contributed by atoms with Crippen LogP contribution >= 0.6 is 11.6 Å². The summed E-state index contributed by atoms with van der Waals surface area (Å²) >= 11 is 5.48. The number of aliphatic hydroxyl groups is 1. The Morgan fingerprint density at radius 2 is 2.45 bits per heavy atom. The Bertz CT molecular complexity index is 239. The van der Waals surface area contributed by atoms with Crippen molar-refractivity contribution in [1.82, 2.24) is 4.98 Å². The summed E-state index contributed by atoms with van der Waals surface area (Å²) in [4.78, 5) is 4.03. The number of aliphatic hydroxyl groups excluding tert-OH is 1. The molecule has 3 heteroatoms. The lowest BCUT2D eigenvalue weighted by atomic mass is 10.1. The number of nitrogens with zero attached hydrogens (tertiary/aromatic N) is 1. The van der Waals surface area contributed by atoms with E-state index in [4.69, 9.17) is 11.6 Å². The van der Waals surface area contributed by atoms with Crippen molar-refractivity contribution in [2.75, 3.05) is 5.88 Å². The molecule has 1 atom stereocenters. The third-order valence-electron chi connectivity index (χ3n) is 1.55. The van der Waals surface area contributed by atoms with Gasteiger partial charge in [-0.3, -0.25) is 4.98 Å². The molecule has 0 bridgehead atoms. The predicted molar refractivity (Wildman–Crippen MR) is 44.7 cm³/mol. The average molecular weight is 172 g/mol. The maximum absolute atomic E-state index is 9.34. The number of halogens is 1. The van der Waals surface area contributed by atoms with Crippen molar-refractivity contribution in [2.45, 2.75) is 13.0 Å². The van der Waals surface area contributed by atoms with Crippen LogP contribution in [0.4, 0.5) is 0 Å². The Kier molecular flexibility index (Phi) is 2.85. The van der Waals surface area contributed by atoms with Gasteiger partial charge in [-0.25, -0.2) is 0 Å². The van der Waals surface area contributed by atoms with E-state index in [1.54, 1.807) is 12.3 Å². The van der Waals surface area contributed by atoms with E-state index in [2.05, 4.69) is 4.98 Å². The summed E-state index contributed by atoms with van der Waals surface area (Å²) < 4.78 is 0. The molecule has 1 N–H and O–H groups in total. The van der Waals surface area contributed by atoms with E-state index in [1.165, 1.54) is 0 Å². The maximum atomic E-state index is 9.34. The zero-order valence-corrected chi connectivity index (χ0v) is 7.04. The van der Waals surface area contributed by atoms with Crippen molar-refractivity contribution in [1.29, 1.82) is 0 Å². The van der Waals surface area contributed by atoms with Gasteiger partial charge in [0.1, 0.15) is 0 Å². The molecular formula is C8H10ClNO. The second-order valence-corrected chi connectivity index (χ2v) is 2.66. The van der Waals surface area contributed by atoms with Crippen molar-refractivity contribution in [3.05, 3.63) is 29.6 Å². The molecule has 0 unspecified atom stereocenters. The smallest absolute Gasteiger partial charge is 0.0942 e. The van der Waals surface area contributed by atoms with Gasteiger partial charge in [0.2, 0.25) is 0 Å². The van der Waals surface area contributed by atoms with Crippen LogP contribution < -0.4 is 0 Å². The van der Waals surface area contributed by atoms with E-state index in [-0.39, 0.29) is 5.88 Å². The van der Waals surface area contributed by atoms with Gasteiger partial charge in [0.15, 0.2) is 0 Å². The summed E-state index contributed by atoms with van der Waals surface area (Å²) in [5.74, 6) is 0.215. The van der Waals surface area contributed by atoms with Crippen molar-refractivity contribution >= 4 is 11.6 Å². The number of aryl methyl sites for hydroxylation is 1. The molecule has 0 aliphatic rings. The molecule has 1 heterocycles. The number of alkyl halides is 1. The molecule has 0 amide bonds. The molecule has 0 aliphatic carbocycles. The molecule has 1 rings (SSSR count). The van der Waals surface area contributed by atoms with Crippen molar-refractivity contribution in [3.8, 4) is 0 Å². The van der Waals surface area contributed by atoms with Gasteiger partial charge < -0.3 is 5.11 Å². The van der Waals surface area contributed by atoms with Gasteiger partial charge in [-0.1, -0.05) is 6.07 Å². The van der Waals surface area contributed by atoms with E-state index in [0.29, 0.717) is 0 Å². The first-order valence-corrected chi connectivity index (χ1v) is 3.94. The van der Waals surface area contributed by atoms with Crippen LogP contribution in [0.15, 0.2) is 18.3 Å². The van der Waals surface area contributed by atoms with Gasteiger partial charge in [0.25, 0.3) is 0 Å². The summed E-state index contributed by atoms with van der Waals surface area (Å²) in [7, 11) is 0. The Labute approximate surface area is 70.8 Å². The molecular weight excluding hydrogens is 162 g/mol. The predicted octanol–water partition coefficient (Wildman–Crippen LogP) is 1.66. The van der Waals surface area contributed by atoms with Gasteiger partial charge in [0, 0.05) is 17.5 Å². The number of rotatable bonds is 2. The van der Waals surface area contributed by atoms with Gasteiger partial charge >= 0.3 is 0 Å². The first-order valence-electron chi connectivity index (χ1n) is 3.41. The lowest BCUT2D eigenvalue weighted by molar-refractivity contribution is 0.201. The number of hydrogen-bond acceptors (Lipinski definition) is 2. The van der Waals surface area contributed by atoms with Gasteiger partial charge in [-0.15, -0.1) is 11.6 Å². The lowest BCUT2D eigenvalue weighted by Gasteiger charge is -2.08. The van der Waals surface area contributed by atoms with Crippen LogP contribution in [-0.4, -0.2) is 16.0 Å². The summed E-state index contributed by atoms with van der Waals surface area (Å²) in [6.07, 6.45) is 1.10. The molecule has 0 radical (unpaired) electrons. The highest BCUT2D eigenvalue weighted by Crippen LogP contribution is 2.15. The standard InChI is InChI=1S/C8H10ClNO/c1-6-7(8(11)5-9)3-2-4-10-6/h2-4,8,11H,5H2,1H3/t8-/m0/s1. The second-order valence-electron chi connectivity index (χ2n) is 2.35. The number of hydrogen-bond donors (Lipinski definition) is 1. The first-order chi connectivity index (χ1) is 5.25. The van der Waals surface area contributed by atoms with Crippen LogP contribution in [0, 0.1) is 6.92 Å². The van der Waals surface area contributed by atoms with Crippen LogP contribution in [-0.2, 0) is 0 Å². The third-order valence-corrected chi connectivity index (χ3v) is 1.85.